The van der Waals surface area contributed by atoms with Gasteiger partial charge in [0.25, 0.3) is 0 Å². The van der Waals surface area contributed by atoms with Gasteiger partial charge in [0, 0.05) is 0 Å². The van der Waals surface area contributed by atoms with Crippen LogP contribution in [0.2, 0.25) is 0 Å². The summed E-state index contributed by atoms with van der Waals surface area (Å²) in [6.07, 6.45) is -9.70. The van der Waals surface area contributed by atoms with E-state index >= 15 is 0 Å². The molecule has 144 valence electrons. The molecule has 12 N–H and O–H groups in total. The van der Waals surface area contributed by atoms with Crippen LogP contribution in [-0.4, -0.2) is 115 Å². The van der Waals surface area contributed by atoms with Gasteiger partial charge in [0.1, 0.15) is 36.6 Å². The molecule has 0 bridgehead atoms. The van der Waals surface area contributed by atoms with E-state index in [1.165, 1.54) is 0 Å². The summed E-state index contributed by atoms with van der Waals surface area (Å²) in [5.41, 5.74) is 10.5. The summed E-state index contributed by atoms with van der Waals surface area (Å²) in [5, 5.41) is 72.1. The molecule has 0 aromatic rings. The van der Waals surface area contributed by atoms with Crippen LogP contribution in [0.3, 0.4) is 0 Å². The Morgan fingerprint density at radius 2 is 0.875 bits per heavy atom. The van der Waals surface area contributed by atoms with E-state index in [9.17, 15) is 20.4 Å². The molecule has 12 heteroatoms. The second-order valence-electron chi connectivity index (χ2n) is 5.61. The van der Waals surface area contributed by atoms with E-state index in [1.807, 2.05) is 0 Å². The molecule has 0 aliphatic carbocycles. The Hall–Kier alpha value is -0.480. The summed E-state index contributed by atoms with van der Waals surface area (Å²) in [5.74, 6) is 0. The maximum Gasteiger partial charge on any atom is 0.173 e. The average Bonchev–Trinajstić information content (AvgIpc) is 2.58. The van der Waals surface area contributed by atoms with Gasteiger partial charge in [-0.15, -0.1) is 0 Å². The minimum atomic E-state index is -1.35. The van der Waals surface area contributed by atoms with Crippen LogP contribution in [0.25, 0.3) is 0 Å². The molecular formula is C12H26N2O10. The van der Waals surface area contributed by atoms with Gasteiger partial charge < -0.3 is 61.8 Å². The molecule has 0 aromatic heterocycles. The van der Waals surface area contributed by atoms with Crippen molar-refractivity contribution in [1.82, 2.24) is 0 Å². The molecule has 2 heterocycles. The Morgan fingerprint density at radius 1 is 0.583 bits per heavy atom. The van der Waals surface area contributed by atoms with Crippen molar-refractivity contribution >= 4 is 0 Å². The fourth-order valence-corrected chi connectivity index (χ4v) is 2.24. The predicted molar refractivity (Wildman–Crippen MR) is 75.9 cm³/mol. The lowest BCUT2D eigenvalue weighted by Gasteiger charge is -2.38. The zero-order chi connectivity index (χ0) is 18.6. The van der Waals surface area contributed by atoms with E-state index in [2.05, 4.69) is 0 Å². The molecule has 0 aromatic carbocycles. The average molecular weight is 358 g/mol. The van der Waals surface area contributed by atoms with Gasteiger partial charge in [0.15, 0.2) is 12.6 Å². The first-order chi connectivity index (χ1) is 11.1. The molecule has 2 aliphatic rings. The zero-order valence-electron chi connectivity index (χ0n) is 12.7. The Labute approximate surface area is 137 Å². The molecule has 2 saturated heterocycles. The Bertz CT molecular complexity index is 334. The molecule has 0 radical (unpaired) electrons. The van der Waals surface area contributed by atoms with Crippen molar-refractivity contribution in [2.45, 2.75) is 61.3 Å². The highest BCUT2D eigenvalue weighted by atomic mass is 16.6. The van der Waals surface area contributed by atoms with E-state index in [0.717, 1.165) is 0 Å². The highest BCUT2D eigenvalue weighted by molar-refractivity contribution is 4.91. The second-order valence-corrected chi connectivity index (χ2v) is 5.61. The van der Waals surface area contributed by atoms with Crippen LogP contribution >= 0.6 is 0 Å². The van der Waals surface area contributed by atoms with Crippen molar-refractivity contribution in [3.8, 4) is 0 Å². The number of rotatable bonds is 2. The molecule has 2 rings (SSSR count). The molecule has 0 spiro atoms. The first-order valence-electron chi connectivity index (χ1n) is 7.27. The van der Waals surface area contributed by atoms with Crippen LogP contribution in [0.1, 0.15) is 0 Å². The van der Waals surface area contributed by atoms with Gasteiger partial charge in [-0.05, 0) is 0 Å². The zero-order valence-corrected chi connectivity index (χ0v) is 12.7. The van der Waals surface area contributed by atoms with Crippen molar-refractivity contribution in [3.05, 3.63) is 0 Å². The van der Waals surface area contributed by atoms with Gasteiger partial charge >= 0.3 is 0 Å². The van der Waals surface area contributed by atoms with Crippen LogP contribution in [0.15, 0.2) is 0 Å². The minimum Gasteiger partial charge on any atom is -0.394 e. The molecule has 2 fully saturated rings. The molecule has 2 unspecified atom stereocenters. The lowest BCUT2D eigenvalue weighted by molar-refractivity contribution is -0.248. The SMILES string of the molecule is N[C@@H]1C(O)O[C@H](CO)[C@@H](O)[C@@H]1O.N[C@H]1C(O)O[C@H](CO)[C@H](O)[C@@H]1O. The van der Waals surface area contributed by atoms with Crippen molar-refractivity contribution < 1.29 is 50.3 Å². The molecular weight excluding hydrogens is 332 g/mol. The monoisotopic (exact) mass is 358 g/mol. The first kappa shape index (κ1) is 21.6. The highest BCUT2D eigenvalue weighted by Gasteiger charge is 2.42. The van der Waals surface area contributed by atoms with Crippen LogP contribution in [0.4, 0.5) is 0 Å². The van der Waals surface area contributed by atoms with Gasteiger partial charge in [-0.1, -0.05) is 0 Å². The summed E-state index contributed by atoms with van der Waals surface area (Å²) in [6.45, 7) is -0.940. The number of nitrogens with two attached hydrogens (primary N) is 2. The summed E-state index contributed by atoms with van der Waals surface area (Å²) in [6, 6.07) is -2.08. The number of aliphatic hydroxyl groups excluding tert-OH is 8. The van der Waals surface area contributed by atoms with Crippen LogP contribution < -0.4 is 11.5 Å². The molecule has 2 aliphatic heterocycles. The number of aliphatic hydroxyl groups is 8. The van der Waals surface area contributed by atoms with Crippen LogP contribution in [0.5, 0.6) is 0 Å². The smallest absolute Gasteiger partial charge is 0.173 e. The lowest BCUT2D eigenvalue weighted by Crippen LogP contribution is -2.61. The highest BCUT2D eigenvalue weighted by Crippen LogP contribution is 2.18. The van der Waals surface area contributed by atoms with Crippen molar-refractivity contribution in [1.29, 1.82) is 0 Å². The van der Waals surface area contributed by atoms with E-state index in [0.29, 0.717) is 0 Å². The van der Waals surface area contributed by atoms with E-state index in [4.69, 9.17) is 41.4 Å². The standard InChI is InChI=1S/2C6H13NO5/c2*7-3-5(10)4(9)2(1-8)12-6(3)11/h2*2-6,8-11H,1,7H2/t2-,3+,4-,5-,6?;2-,3-,4+,5-,6?/m11/s1. The third-order valence-electron chi connectivity index (χ3n) is 3.90. The summed E-state index contributed by atoms with van der Waals surface area (Å²) in [7, 11) is 0. The third kappa shape index (κ3) is 4.78. The Morgan fingerprint density at radius 3 is 1.12 bits per heavy atom. The normalized spacial score (nSPS) is 49.2. The fourth-order valence-electron chi connectivity index (χ4n) is 2.24. The van der Waals surface area contributed by atoms with E-state index < -0.39 is 74.5 Å². The molecule has 0 saturated carbocycles. The van der Waals surface area contributed by atoms with Gasteiger partial charge in [0.2, 0.25) is 0 Å². The summed E-state index contributed by atoms with van der Waals surface area (Å²) < 4.78 is 9.40. The summed E-state index contributed by atoms with van der Waals surface area (Å²) in [4.78, 5) is 0. The van der Waals surface area contributed by atoms with Crippen molar-refractivity contribution in [2.24, 2.45) is 11.5 Å². The topological polar surface area (TPSA) is 232 Å². The molecule has 10 atom stereocenters. The Balaban J connectivity index is 0.000000240. The maximum atomic E-state index is 9.20. The lowest BCUT2D eigenvalue weighted by atomic mass is 9.98. The van der Waals surface area contributed by atoms with Gasteiger partial charge in [-0.3, -0.25) is 0 Å². The molecule has 0 amide bonds. The molecule has 24 heavy (non-hydrogen) atoms. The van der Waals surface area contributed by atoms with Gasteiger partial charge in [-0.25, -0.2) is 0 Å². The second kappa shape index (κ2) is 9.28. The summed E-state index contributed by atoms with van der Waals surface area (Å²) >= 11 is 0. The number of hydrogen-bond donors (Lipinski definition) is 10. The quantitative estimate of drug-likeness (QED) is 0.222. The Kier molecular flexibility index (Phi) is 8.34. The first-order valence-corrected chi connectivity index (χ1v) is 7.27. The van der Waals surface area contributed by atoms with Crippen molar-refractivity contribution in [3.63, 3.8) is 0 Å². The number of ether oxygens (including phenoxy) is 2. The largest absolute Gasteiger partial charge is 0.394 e. The maximum absolute atomic E-state index is 9.20. The van der Waals surface area contributed by atoms with E-state index in [1.54, 1.807) is 0 Å². The fraction of sp³-hybridized carbons (Fsp3) is 1.00. The predicted octanol–water partition coefficient (Wildman–Crippen LogP) is -6.51. The van der Waals surface area contributed by atoms with E-state index in [-0.39, 0.29) is 0 Å². The van der Waals surface area contributed by atoms with Crippen LogP contribution in [-0.2, 0) is 9.47 Å². The minimum absolute atomic E-state index is 0.470. The van der Waals surface area contributed by atoms with Gasteiger partial charge in [-0.2, -0.15) is 0 Å². The van der Waals surface area contributed by atoms with Gasteiger partial charge in [0.05, 0.1) is 25.3 Å². The number of hydrogen-bond acceptors (Lipinski definition) is 12. The van der Waals surface area contributed by atoms with Crippen LogP contribution in [0, 0.1) is 0 Å². The molecule has 12 nitrogen and oxygen atoms in total. The van der Waals surface area contributed by atoms with Crippen molar-refractivity contribution in [2.75, 3.05) is 13.2 Å². The third-order valence-corrected chi connectivity index (χ3v) is 3.90.